The van der Waals surface area contributed by atoms with E-state index >= 15 is 0 Å². The van der Waals surface area contributed by atoms with E-state index in [2.05, 4.69) is 0 Å². The molecule has 0 atom stereocenters. The SMILES string of the molecule is CN(OCCOCCO)C(=O)OC(C)(C)C. The lowest BCUT2D eigenvalue weighted by molar-refractivity contribution is -0.142. The summed E-state index contributed by atoms with van der Waals surface area (Å²) in [5.41, 5.74) is -0.540. The number of hydrogen-bond donors (Lipinski definition) is 1. The first-order valence-electron chi connectivity index (χ1n) is 5.15. The van der Waals surface area contributed by atoms with Crippen molar-refractivity contribution < 1.29 is 24.2 Å². The summed E-state index contributed by atoms with van der Waals surface area (Å²) in [5.74, 6) is 0. The maximum atomic E-state index is 11.4. The lowest BCUT2D eigenvalue weighted by atomic mass is 10.2. The molecular formula is C10H21NO5. The first kappa shape index (κ1) is 15.2. The van der Waals surface area contributed by atoms with Crippen LogP contribution in [0.3, 0.4) is 0 Å². The molecule has 6 heteroatoms. The van der Waals surface area contributed by atoms with Crippen molar-refractivity contribution in [3.05, 3.63) is 0 Å². The molecule has 0 fully saturated rings. The van der Waals surface area contributed by atoms with Crippen molar-refractivity contribution in [2.45, 2.75) is 26.4 Å². The molecule has 0 rings (SSSR count). The zero-order valence-electron chi connectivity index (χ0n) is 10.4. The minimum atomic E-state index is -0.547. The number of carbonyl (C=O) groups excluding carboxylic acids is 1. The second kappa shape index (κ2) is 7.43. The number of aliphatic hydroxyl groups is 1. The molecule has 0 aromatic heterocycles. The standard InChI is InChI=1S/C10H21NO5/c1-10(2,3)16-9(13)11(4)15-8-7-14-6-5-12/h12H,5-8H2,1-4H3. The monoisotopic (exact) mass is 235 g/mol. The zero-order chi connectivity index (χ0) is 12.6. The summed E-state index contributed by atoms with van der Waals surface area (Å²) < 4.78 is 10.0. The van der Waals surface area contributed by atoms with Crippen LogP contribution in [0.1, 0.15) is 20.8 Å². The molecule has 0 spiro atoms. The molecule has 1 N–H and O–H groups in total. The summed E-state index contributed by atoms with van der Waals surface area (Å²) in [7, 11) is 1.47. The van der Waals surface area contributed by atoms with Crippen molar-refractivity contribution in [2.75, 3.05) is 33.5 Å². The van der Waals surface area contributed by atoms with Crippen molar-refractivity contribution in [3.8, 4) is 0 Å². The Morgan fingerprint density at radius 2 is 1.88 bits per heavy atom. The van der Waals surface area contributed by atoms with Crippen LogP contribution in [-0.4, -0.2) is 55.3 Å². The van der Waals surface area contributed by atoms with E-state index in [-0.39, 0.29) is 19.8 Å². The van der Waals surface area contributed by atoms with Gasteiger partial charge in [-0.2, -0.15) is 5.06 Å². The van der Waals surface area contributed by atoms with Gasteiger partial charge < -0.3 is 14.6 Å². The van der Waals surface area contributed by atoms with Crippen molar-refractivity contribution in [3.63, 3.8) is 0 Å². The number of aliphatic hydroxyl groups excluding tert-OH is 1. The Morgan fingerprint density at radius 1 is 1.25 bits per heavy atom. The van der Waals surface area contributed by atoms with Crippen LogP contribution in [-0.2, 0) is 14.3 Å². The van der Waals surface area contributed by atoms with Crippen LogP contribution in [0, 0.1) is 0 Å². The van der Waals surface area contributed by atoms with Gasteiger partial charge in [-0.05, 0) is 20.8 Å². The first-order valence-corrected chi connectivity index (χ1v) is 5.15. The number of carbonyl (C=O) groups is 1. The highest BCUT2D eigenvalue weighted by Crippen LogP contribution is 2.08. The largest absolute Gasteiger partial charge is 0.442 e. The summed E-state index contributed by atoms with van der Waals surface area (Å²) >= 11 is 0. The Bertz CT molecular complexity index is 202. The second-order valence-corrected chi connectivity index (χ2v) is 4.15. The molecule has 0 aliphatic heterocycles. The van der Waals surface area contributed by atoms with E-state index in [9.17, 15) is 4.79 Å². The van der Waals surface area contributed by atoms with Gasteiger partial charge in [0.1, 0.15) is 5.60 Å². The number of hydrogen-bond acceptors (Lipinski definition) is 5. The van der Waals surface area contributed by atoms with Crippen LogP contribution in [0.4, 0.5) is 4.79 Å². The molecule has 0 heterocycles. The van der Waals surface area contributed by atoms with Gasteiger partial charge in [0.2, 0.25) is 0 Å². The molecule has 96 valence electrons. The Balaban J connectivity index is 3.64. The summed E-state index contributed by atoms with van der Waals surface area (Å²) in [6.07, 6.45) is -0.547. The van der Waals surface area contributed by atoms with E-state index in [0.29, 0.717) is 6.61 Å². The van der Waals surface area contributed by atoms with Gasteiger partial charge in [-0.15, -0.1) is 0 Å². The quantitative estimate of drug-likeness (QED) is 0.544. The number of hydroxylamine groups is 2. The van der Waals surface area contributed by atoms with E-state index in [1.165, 1.54) is 7.05 Å². The average Bonchev–Trinajstić information content (AvgIpc) is 2.14. The molecule has 0 aromatic carbocycles. The lowest BCUT2D eigenvalue weighted by Crippen LogP contribution is -2.35. The van der Waals surface area contributed by atoms with Crippen LogP contribution in [0.25, 0.3) is 0 Å². The van der Waals surface area contributed by atoms with Crippen LogP contribution < -0.4 is 0 Å². The van der Waals surface area contributed by atoms with Gasteiger partial charge in [0.15, 0.2) is 0 Å². The van der Waals surface area contributed by atoms with Gasteiger partial charge in [0.05, 0.1) is 26.4 Å². The van der Waals surface area contributed by atoms with Gasteiger partial charge in [0.25, 0.3) is 0 Å². The van der Waals surface area contributed by atoms with Crippen molar-refractivity contribution in [1.82, 2.24) is 5.06 Å². The normalized spacial score (nSPS) is 11.3. The molecule has 0 saturated heterocycles. The van der Waals surface area contributed by atoms with Gasteiger partial charge in [-0.1, -0.05) is 0 Å². The average molecular weight is 235 g/mol. The Kier molecular flexibility index (Phi) is 7.03. The van der Waals surface area contributed by atoms with Gasteiger partial charge >= 0.3 is 6.09 Å². The maximum Gasteiger partial charge on any atom is 0.434 e. The molecule has 0 aromatic rings. The van der Waals surface area contributed by atoms with E-state index in [1.54, 1.807) is 20.8 Å². The minimum Gasteiger partial charge on any atom is -0.442 e. The highest BCUT2D eigenvalue weighted by atomic mass is 16.7. The third kappa shape index (κ3) is 8.46. The summed E-state index contributed by atoms with van der Waals surface area (Å²) in [6, 6.07) is 0. The predicted molar refractivity (Wildman–Crippen MR) is 57.9 cm³/mol. The molecule has 0 aliphatic carbocycles. The van der Waals surface area contributed by atoms with E-state index in [1.807, 2.05) is 0 Å². The fourth-order valence-corrected chi connectivity index (χ4v) is 0.779. The van der Waals surface area contributed by atoms with Crippen LogP contribution in [0.2, 0.25) is 0 Å². The fraction of sp³-hybridized carbons (Fsp3) is 0.900. The molecular weight excluding hydrogens is 214 g/mol. The van der Waals surface area contributed by atoms with Gasteiger partial charge in [-0.3, -0.25) is 4.84 Å². The lowest BCUT2D eigenvalue weighted by Gasteiger charge is -2.23. The van der Waals surface area contributed by atoms with E-state index in [0.717, 1.165) is 5.06 Å². The van der Waals surface area contributed by atoms with Crippen molar-refractivity contribution in [1.29, 1.82) is 0 Å². The minimum absolute atomic E-state index is 0.0259. The summed E-state index contributed by atoms with van der Waals surface area (Å²) in [4.78, 5) is 16.4. The van der Waals surface area contributed by atoms with Crippen LogP contribution in [0.5, 0.6) is 0 Å². The number of amides is 1. The smallest absolute Gasteiger partial charge is 0.434 e. The first-order chi connectivity index (χ1) is 7.37. The number of rotatable bonds is 6. The highest BCUT2D eigenvalue weighted by molar-refractivity contribution is 5.66. The molecule has 1 amide bonds. The number of ether oxygens (including phenoxy) is 2. The molecule has 0 unspecified atom stereocenters. The Morgan fingerprint density at radius 3 is 2.38 bits per heavy atom. The second-order valence-electron chi connectivity index (χ2n) is 4.15. The Hall–Kier alpha value is -0.850. The van der Waals surface area contributed by atoms with Crippen molar-refractivity contribution >= 4 is 6.09 Å². The van der Waals surface area contributed by atoms with E-state index in [4.69, 9.17) is 19.4 Å². The molecule has 0 aliphatic rings. The Labute approximate surface area is 96.0 Å². The van der Waals surface area contributed by atoms with Crippen LogP contribution in [0.15, 0.2) is 0 Å². The topological polar surface area (TPSA) is 68.2 Å². The van der Waals surface area contributed by atoms with Crippen molar-refractivity contribution in [2.24, 2.45) is 0 Å². The third-order valence-corrected chi connectivity index (χ3v) is 1.40. The summed E-state index contributed by atoms with van der Waals surface area (Å²) in [6.45, 7) is 6.13. The maximum absolute atomic E-state index is 11.4. The molecule has 6 nitrogen and oxygen atoms in total. The molecule has 16 heavy (non-hydrogen) atoms. The van der Waals surface area contributed by atoms with Gasteiger partial charge in [-0.25, -0.2) is 4.79 Å². The molecule has 0 bridgehead atoms. The molecule has 0 saturated carbocycles. The van der Waals surface area contributed by atoms with Crippen LogP contribution >= 0.6 is 0 Å². The van der Waals surface area contributed by atoms with Gasteiger partial charge in [0, 0.05) is 7.05 Å². The summed E-state index contributed by atoms with van der Waals surface area (Å²) in [5, 5.41) is 9.46. The molecule has 0 radical (unpaired) electrons. The van der Waals surface area contributed by atoms with E-state index < -0.39 is 11.7 Å². The highest BCUT2D eigenvalue weighted by Gasteiger charge is 2.19. The fourth-order valence-electron chi connectivity index (χ4n) is 0.779. The third-order valence-electron chi connectivity index (χ3n) is 1.40. The predicted octanol–water partition coefficient (Wildman–Crippen LogP) is 0.794. The zero-order valence-corrected chi connectivity index (χ0v) is 10.4. The number of nitrogens with zero attached hydrogens (tertiary/aromatic N) is 1.